The molecule has 2 aromatic carbocycles. The van der Waals surface area contributed by atoms with Crippen LogP contribution in [0.25, 0.3) is 16.5 Å². The van der Waals surface area contributed by atoms with Gasteiger partial charge in [-0.1, -0.05) is 36.2 Å². The van der Waals surface area contributed by atoms with Crippen LogP contribution in [0, 0.1) is 0 Å². The summed E-state index contributed by atoms with van der Waals surface area (Å²) in [5.74, 6) is -0.0641. The van der Waals surface area contributed by atoms with E-state index in [1.54, 1.807) is 12.1 Å². The Hall–Kier alpha value is -2.63. The summed E-state index contributed by atoms with van der Waals surface area (Å²) in [7, 11) is 0. The Labute approximate surface area is 187 Å². The average Bonchev–Trinajstić information content (AvgIpc) is 3.16. The van der Waals surface area contributed by atoms with Gasteiger partial charge in [-0.25, -0.2) is 0 Å². The Balaban J connectivity index is 1.58. The fourth-order valence-corrected chi connectivity index (χ4v) is 5.08. The lowest BCUT2D eigenvalue weighted by atomic mass is 9.89. The topological polar surface area (TPSA) is 50.2 Å². The van der Waals surface area contributed by atoms with E-state index in [1.165, 1.54) is 31.4 Å². The number of carbonyl (C=O) groups excluding carboxylic acids is 1. The molecule has 31 heavy (non-hydrogen) atoms. The molecule has 2 aliphatic rings. The summed E-state index contributed by atoms with van der Waals surface area (Å²) in [6.45, 7) is 5.00. The molecular weight excluding hydrogens is 408 g/mol. The fraction of sp³-hybridized carbons (Fsp3) is 0.360. The van der Waals surface area contributed by atoms with Crippen LogP contribution >= 0.6 is 11.6 Å². The van der Waals surface area contributed by atoms with Crippen LogP contribution in [0.5, 0.6) is 0 Å². The normalized spacial score (nSPS) is 19.2. The van der Waals surface area contributed by atoms with Crippen LogP contribution in [0.4, 0.5) is 0 Å². The van der Waals surface area contributed by atoms with E-state index < -0.39 is 0 Å². The molecular formula is C25H27ClN4O. The largest absolute Gasteiger partial charge is 0.310 e. The van der Waals surface area contributed by atoms with Crippen molar-refractivity contribution in [2.24, 2.45) is 0 Å². The molecule has 6 heteroatoms. The minimum atomic E-state index is -0.0641. The first-order valence-electron chi connectivity index (χ1n) is 11.1. The summed E-state index contributed by atoms with van der Waals surface area (Å²) in [6.07, 6.45) is 7.19. The lowest BCUT2D eigenvalue weighted by Crippen LogP contribution is -2.41. The van der Waals surface area contributed by atoms with Gasteiger partial charge in [0.1, 0.15) is 0 Å². The predicted molar refractivity (Wildman–Crippen MR) is 126 cm³/mol. The molecule has 0 radical (unpaired) electrons. The molecule has 2 aliphatic heterocycles. The molecule has 0 spiro atoms. The van der Waals surface area contributed by atoms with E-state index in [1.807, 2.05) is 35.1 Å². The van der Waals surface area contributed by atoms with Crippen molar-refractivity contribution in [1.82, 2.24) is 14.8 Å². The summed E-state index contributed by atoms with van der Waals surface area (Å²) < 4.78 is 0. The van der Waals surface area contributed by atoms with Crippen LogP contribution < -0.4 is 5.43 Å². The lowest BCUT2D eigenvalue weighted by molar-refractivity contribution is 0.103. The third-order valence-corrected chi connectivity index (χ3v) is 6.78. The Morgan fingerprint density at radius 1 is 1.23 bits per heavy atom. The number of halogens is 1. The highest BCUT2D eigenvalue weighted by molar-refractivity contribution is 6.35. The van der Waals surface area contributed by atoms with Crippen LogP contribution in [0.2, 0.25) is 5.02 Å². The number of nitrogens with one attached hydrogen (secondary N) is 1. The minimum absolute atomic E-state index is 0.0641. The summed E-state index contributed by atoms with van der Waals surface area (Å²) in [6, 6.07) is 13.6. The number of hydrogen-bond acceptors (Lipinski definition) is 4. The fourth-order valence-electron chi connectivity index (χ4n) is 4.86. The molecule has 1 aromatic heterocycles. The molecule has 0 bridgehead atoms. The molecule has 3 aromatic rings. The summed E-state index contributed by atoms with van der Waals surface area (Å²) in [5.41, 5.74) is 7.73. The van der Waals surface area contributed by atoms with E-state index in [0.717, 1.165) is 36.1 Å². The van der Waals surface area contributed by atoms with E-state index in [0.29, 0.717) is 22.2 Å². The first-order chi connectivity index (χ1) is 15.2. The minimum Gasteiger partial charge on any atom is -0.310 e. The van der Waals surface area contributed by atoms with Crippen molar-refractivity contribution in [1.29, 1.82) is 0 Å². The third-order valence-electron chi connectivity index (χ3n) is 6.45. The zero-order valence-electron chi connectivity index (χ0n) is 17.8. The van der Waals surface area contributed by atoms with Crippen molar-refractivity contribution in [2.45, 2.75) is 38.6 Å². The van der Waals surface area contributed by atoms with E-state index in [-0.39, 0.29) is 5.78 Å². The van der Waals surface area contributed by atoms with Crippen molar-refractivity contribution in [3.05, 3.63) is 70.4 Å². The number of aromatic nitrogens is 2. The first kappa shape index (κ1) is 20.3. The molecule has 1 atom stereocenters. The molecule has 160 valence electrons. The summed E-state index contributed by atoms with van der Waals surface area (Å²) >= 11 is 6.29. The Bertz CT molecular complexity index is 1170. The van der Waals surface area contributed by atoms with Gasteiger partial charge in [-0.15, -0.1) is 0 Å². The van der Waals surface area contributed by atoms with Gasteiger partial charge in [0.2, 0.25) is 0 Å². The van der Waals surface area contributed by atoms with Gasteiger partial charge >= 0.3 is 0 Å². The van der Waals surface area contributed by atoms with Gasteiger partial charge in [0.15, 0.2) is 5.78 Å². The number of rotatable bonds is 5. The van der Waals surface area contributed by atoms with Crippen molar-refractivity contribution in [3.8, 4) is 0 Å². The molecule has 3 heterocycles. The van der Waals surface area contributed by atoms with Gasteiger partial charge in [-0.3, -0.25) is 9.69 Å². The second-order valence-electron chi connectivity index (χ2n) is 8.39. The van der Waals surface area contributed by atoms with Crippen molar-refractivity contribution in [3.63, 3.8) is 0 Å². The Kier molecular flexibility index (Phi) is 5.55. The molecule has 1 unspecified atom stereocenters. The van der Waals surface area contributed by atoms with Crippen LogP contribution in [0.15, 0.2) is 48.5 Å². The number of nitrogens with zero attached hydrogens (tertiary/aromatic N) is 3. The molecule has 5 nitrogen and oxygen atoms in total. The van der Waals surface area contributed by atoms with Crippen molar-refractivity contribution in [2.75, 3.05) is 25.1 Å². The monoisotopic (exact) mass is 434 g/mol. The smallest absolute Gasteiger partial charge is 0.194 e. The number of hydrogen-bond donors (Lipinski definition) is 1. The van der Waals surface area contributed by atoms with Crippen LogP contribution in [0.3, 0.4) is 0 Å². The average molecular weight is 435 g/mol. The highest BCUT2D eigenvalue weighted by Crippen LogP contribution is 2.34. The maximum Gasteiger partial charge on any atom is 0.194 e. The van der Waals surface area contributed by atoms with Crippen LogP contribution in [0.1, 0.15) is 54.2 Å². The summed E-state index contributed by atoms with van der Waals surface area (Å²) in [4.78, 5) is 17.6. The molecule has 1 N–H and O–H groups in total. The van der Waals surface area contributed by atoms with E-state index in [9.17, 15) is 4.79 Å². The second-order valence-corrected chi connectivity index (χ2v) is 8.80. The van der Waals surface area contributed by atoms with Crippen molar-refractivity contribution >= 4 is 33.9 Å². The van der Waals surface area contributed by atoms with E-state index in [4.69, 9.17) is 16.7 Å². The highest BCUT2D eigenvalue weighted by Gasteiger charge is 2.28. The van der Waals surface area contributed by atoms with Gasteiger partial charge < -0.3 is 5.43 Å². The number of piperidine rings is 1. The van der Waals surface area contributed by atoms with Crippen LogP contribution in [-0.4, -0.2) is 46.2 Å². The molecule has 5 rings (SSSR count). The van der Waals surface area contributed by atoms with Gasteiger partial charge in [-0.2, -0.15) is 9.89 Å². The first-order valence-corrected chi connectivity index (χ1v) is 11.5. The number of ketones is 1. The Morgan fingerprint density at radius 3 is 2.94 bits per heavy atom. The second kappa shape index (κ2) is 8.48. The number of benzene rings is 2. The SMILES string of the molecule is CCNn1nc(C2=CCN3CCCCC3C2)c2cc(C(=O)c3ccccc3Cl)ccc21. The third kappa shape index (κ3) is 3.77. The quantitative estimate of drug-likeness (QED) is 0.566. The standard InChI is InChI=1S/C25H27ClN4O/c1-2-27-30-23-11-10-18(25(31)20-8-3-4-9-22(20)26)16-21(23)24(28-30)17-12-14-29-13-6-5-7-19(29)15-17/h3-4,8-12,16,19,27H,2,5-7,13-15H2,1H3. The zero-order chi connectivity index (χ0) is 21.4. The van der Waals surface area contributed by atoms with Gasteiger partial charge in [0.25, 0.3) is 0 Å². The molecule has 0 amide bonds. The highest BCUT2D eigenvalue weighted by atomic mass is 35.5. The van der Waals surface area contributed by atoms with Crippen LogP contribution in [-0.2, 0) is 0 Å². The molecule has 0 saturated carbocycles. The number of fused-ring (bicyclic) bond motifs is 2. The predicted octanol–water partition coefficient (Wildman–Crippen LogP) is 5.13. The Morgan fingerprint density at radius 2 is 2.10 bits per heavy atom. The zero-order valence-corrected chi connectivity index (χ0v) is 18.5. The summed E-state index contributed by atoms with van der Waals surface area (Å²) in [5, 5.41) is 6.40. The van der Waals surface area contributed by atoms with Gasteiger partial charge in [-0.05, 0) is 68.6 Å². The van der Waals surface area contributed by atoms with Gasteiger partial charge in [0, 0.05) is 35.6 Å². The van der Waals surface area contributed by atoms with E-state index in [2.05, 4.69) is 23.3 Å². The number of carbonyl (C=O) groups is 1. The van der Waals surface area contributed by atoms with Crippen molar-refractivity contribution < 1.29 is 4.79 Å². The maximum absolute atomic E-state index is 13.2. The molecule has 1 fully saturated rings. The lowest BCUT2D eigenvalue weighted by Gasteiger charge is -2.38. The van der Waals surface area contributed by atoms with E-state index >= 15 is 0 Å². The molecule has 0 aliphatic carbocycles. The van der Waals surface area contributed by atoms with Gasteiger partial charge in [0.05, 0.1) is 16.2 Å². The maximum atomic E-state index is 13.2. The molecule has 1 saturated heterocycles.